The molecule has 0 aromatic carbocycles. The molecule has 0 aliphatic carbocycles. The highest BCUT2D eigenvalue weighted by Crippen LogP contribution is 2.15. The van der Waals surface area contributed by atoms with E-state index >= 15 is 0 Å². The Kier molecular flexibility index (Phi) is 6.06. The van der Waals surface area contributed by atoms with Crippen molar-refractivity contribution in [2.24, 2.45) is 11.7 Å². The molecule has 0 saturated carbocycles. The van der Waals surface area contributed by atoms with Crippen LogP contribution in [-0.2, 0) is 11.3 Å². The van der Waals surface area contributed by atoms with Crippen LogP contribution in [-0.4, -0.2) is 57.5 Å². The number of alkyl halides is 2. The van der Waals surface area contributed by atoms with E-state index in [1.54, 1.807) is 4.90 Å². The number of piperazine rings is 1. The standard InChI is InChI=1S/C15H25F2N5O/c1-11(2)9-12(18)14(23)21-7-5-20(6-8-21)10-13-19-3-4-22(13)15(16)17/h3-4,11-12,15H,5-10,18H2,1-2H3/t12-/m0/s1. The second-order valence-electron chi connectivity index (χ2n) is 6.37. The van der Waals surface area contributed by atoms with Crippen molar-refractivity contribution < 1.29 is 13.6 Å². The zero-order chi connectivity index (χ0) is 17.0. The van der Waals surface area contributed by atoms with Gasteiger partial charge in [0.25, 0.3) is 0 Å². The zero-order valence-corrected chi connectivity index (χ0v) is 13.7. The summed E-state index contributed by atoms with van der Waals surface area (Å²) >= 11 is 0. The van der Waals surface area contributed by atoms with Crippen LogP contribution in [0.4, 0.5) is 8.78 Å². The number of rotatable bonds is 6. The van der Waals surface area contributed by atoms with Gasteiger partial charge in [-0.25, -0.2) is 4.98 Å². The van der Waals surface area contributed by atoms with Crippen molar-refractivity contribution in [2.45, 2.75) is 39.4 Å². The first-order chi connectivity index (χ1) is 10.9. The topological polar surface area (TPSA) is 67.4 Å². The number of hydrogen-bond acceptors (Lipinski definition) is 4. The van der Waals surface area contributed by atoms with Gasteiger partial charge in [-0.05, 0) is 12.3 Å². The SMILES string of the molecule is CC(C)C[C@H](N)C(=O)N1CCN(Cc2nccn2C(F)F)CC1. The fourth-order valence-electron chi connectivity index (χ4n) is 2.81. The van der Waals surface area contributed by atoms with Crippen LogP contribution in [0.15, 0.2) is 12.4 Å². The number of amides is 1. The van der Waals surface area contributed by atoms with Crippen molar-refractivity contribution in [3.8, 4) is 0 Å². The van der Waals surface area contributed by atoms with Crippen LogP contribution in [0.25, 0.3) is 0 Å². The van der Waals surface area contributed by atoms with Crippen LogP contribution in [0.3, 0.4) is 0 Å². The maximum Gasteiger partial charge on any atom is 0.319 e. The summed E-state index contributed by atoms with van der Waals surface area (Å²) in [5.74, 6) is 0.701. The minimum absolute atomic E-state index is 0.0209. The Hall–Kier alpha value is -1.54. The number of nitrogens with two attached hydrogens (primary N) is 1. The lowest BCUT2D eigenvalue weighted by Crippen LogP contribution is -2.53. The second-order valence-corrected chi connectivity index (χ2v) is 6.37. The highest BCUT2D eigenvalue weighted by atomic mass is 19.3. The number of carbonyl (C=O) groups is 1. The number of hydrogen-bond donors (Lipinski definition) is 1. The molecule has 1 aromatic heterocycles. The molecule has 1 fully saturated rings. The van der Waals surface area contributed by atoms with Crippen LogP contribution in [0, 0.1) is 5.92 Å². The van der Waals surface area contributed by atoms with E-state index in [0.717, 1.165) is 4.57 Å². The molecule has 8 heteroatoms. The number of halogens is 2. The normalized spacial score (nSPS) is 18.0. The number of aromatic nitrogens is 2. The molecule has 1 atom stereocenters. The van der Waals surface area contributed by atoms with Crippen molar-refractivity contribution in [2.75, 3.05) is 26.2 Å². The second kappa shape index (κ2) is 7.83. The molecular weight excluding hydrogens is 304 g/mol. The monoisotopic (exact) mass is 329 g/mol. The highest BCUT2D eigenvalue weighted by Gasteiger charge is 2.26. The summed E-state index contributed by atoms with van der Waals surface area (Å²) in [4.78, 5) is 20.0. The molecule has 1 aliphatic rings. The third kappa shape index (κ3) is 4.71. The van der Waals surface area contributed by atoms with Gasteiger partial charge in [-0.1, -0.05) is 13.8 Å². The molecule has 1 saturated heterocycles. The Morgan fingerprint density at radius 1 is 1.30 bits per heavy atom. The molecule has 23 heavy (non-hydrogen) atoms. The average molecular weight is 329 g/mol. The molecule has 1 amide bonds. The summed E-state index contributed by atoms with van der Waals surface area (Å²) in [5, 5.41) is 0. The zero-order valence-electron chi connectivity index (χ0n) is 13.7. The predicted octanol–water partition coefficient (Wildman–Crippen LogP) is 1.30. The fraction of sp³-hybridized carbons (Fsp3) is 0.733. The van der Waals surface area contributed by atoms with Gasteiger partial charge in [-0.15, -0.1) is 0 Å². The Balaban J connectivity index is 1.84. The van der Waals surface area contributed by atoms with Gasteiger partial charge in [-0.2, -0.15) is 8.78 Å². The van der Waals surface area contributed by atoms with Crippen LogP contribution in [0.2, 0.25) is 0 Å². The largest absolute Gasteiger partial charge is 0.339 e. The Morgan fingerprint density at radius 3 is 2.52 bits per heavy atom. The van der Waals surface area contributed by atoms with E-state index in [1.165, 1.54) is 12.4 Å². The van der Waals surface area contributed by atoms with E-state index in [0.29, 0.717) is 50.9 Å². The molecule has 2 heterocycles. The van der Waals surface area contributed by atoms with Crippen molar-refractivity contribution in [1.29, 1.82) is 0 Å². The third-order valence-electron chi connectivity index (χ3n) is 4.05. The van der Waals surface area contributed by atoms with Crippen LogP contribution in [0.5, 0.6) is 0 Å². The first-order valence-corrected chi connectivity index (χ1v) is 7.95. The Bertz CT molecular complexity index is 512. The van der Waals surface area contributed by atoms with Gasteiger partial charge in [0.2, 0.25) is 5.91 Å². The number of imidazole rings is 1. The molecule has 0 spiro atoms. The molecule has 130 valence electrons. The van der Waals surface area contributed by atoms with Gasteiger partial charge in [0.05, 0.1) is 12.6 Å². The Labute approximate surface area is 135 Å². The highest BCUT2D eigenvalue weighted by molar-refractivity contribution is 5.81. The van der Waals surface area contributed by atoms with Crippen LogP contribution < -0.4 is 5.73 Å². The van der Waals surface area contributed by atoms with E-state index in [4.69, 9.17) is 5.73 Å². The smallest absolute Gasteiger partial charge is 0.319 e. The molecule has 2 N–H and O–H groups in total. The summed E-state index contributed by atoms with van der Waals surface area (Å²) in [5.41, 5.74) is 5.94. The number of carbonyl (C=O) groups excluding carboxylic acids is 1. The van der Waals surface area contributed by atoms with Crippen molar-refractivity contribution in [3.05, 3.63) is 18.2 Å². The van der Waals surface area contributed by atoms with E-state index in [-0.39, 0.29) is 5.91 Å². The fourth-order valence-corrected chi connectivity index (χ4v) is 2.81. The third-order valence-corrected chi connectivity index (χ3v) is 4.05. The van der Waals surface area contributed by atoms with E-state index < -0.39 is 12.6 Å². The van der Waals surface area contributed by atoms with Crippen LogP contribution in [0.1, 0.15) is 32.6 Å². The summed E-state index contributed by atoms with van der Waals surface area (Å²) in [6, 6.07) is -0.459. The van der Waals surface area contributed by atoms with Gasteiger partial charge in [0.15, 0.2) is 0 Å². The average Bonchev–Trinajstić information content (AvgIpc) is 2.95. The first kappa shape index (κ1) is 17.8. The Morgan fingerprint density at radius 2 is 1.96 bits per heavy atom. The molecule has 1 aliphatic heterocycles. The predicted molar refractivity (Wildman–Crippen MR) is 82.8 cm³/mol. The van der Waals surface area contributed by atoms with Gasteiger partial charge in [0.1, 0.15) is 5.82 Å². The lowest BCUT2D eigenvalue weighted by Gasteiger charge is -2.36. The van der Waals surface area contributed by atoms with Crippen molar-refractivity contribution >= 4 is 5.91 Å². The van der Waals surface area contributed by atoms with Gasteiger partial charge < -0.3 is 10.6 Å². The summed E-state index contributed by atoms with van der Waals surface area (Å²) in [6.07, 6.45) is 3.34. The first-order valence-electron chi connectivity index (χ1n) is 7.95. The lowest BCUT2D eigenvalue weighted by atomic mass is 10.0. The van der Waals surface area contributed by atoms with Gasteiger partial charge >= 0.3 is 6.55 Å². The number of nitrogens with zero attached hydrogens (tertiary/aromatic N) is 4. The molecule has 2 rings (SSSR count). The van der Waals surface area contributed by atoms with Gasteiger partial charge in [0, 0.05) is 38.6 Å². The molecular formula is C15H25F2N5O. The molecule has 0 radical (unpaired) electrons. The summed E-state index contributed by atoms with van der Waals surface area (Å²) in [6.45, 7) is 4.26. The lowest BCUT2D eigenvalue weighted by molar-refractivity contribution is -0.134. The van der Waals surface area contributed by atoms with Gasteiger partial charge in [-0.3, -0.25) is 14.3 Å². The van der Waals surface area contributed by atoms with Crippen LogP contribution >= 0.6 is 0 Å². The van der Waals surface area contributed by atoms with E-state index in [2.05, 4.69) is 4.98 Å². The molecule has 6 nitrogen and oxygen atoms in total. The maximum absolute atomic E-state index is 12.8. The van der Waals surface area contributed by atoms with Crippen molar-refractivity contribution in [3.63, 3.8) is 0 Å². The maximum atomic E-state index is 12.8. The summed E-state index contributed by atoms with van der Waals surface area (Å²) < 4.78 is 26.5. The van der Waals surface area contributed by atoms with Crippen molar-refractivity contribution in [1.82, 2.24) is 19.4 Å². The molecule has 1 aromatic rings. The van der Waals surface area contributed by atoms with E-state index in [9.17, 15) is 13.6 Å². The minimum Gasteiger partial charge on any atom is -0.339 e. The quantitative estimate of drug-likeness (QED) is 0.854. The minimum atomic E-state index is -2.58. The van der Waals surface area contributed by atoms with E-state index in [1.807, 2.05) is 18.7 Å². The molecule has 0 bridgehead atoms. The summed E-state index contributed by atoms with van der Waals surface area (Å²) in [7, 11) is 0. The molecule has 0 unspecified atom stereocenters.